The van der Waals surface area contributed by atoms with Crippen molar-refractivity contribution in [2.24, 2.45) is 0 Å². The lowest BCUT2D eigenvalue weighted by Gasteiger charge is -2.24. The molecule has 1 aromatic carbocycles. The first kappa shape index (κ1) is 19.6. The number of aromatic nitrogens is 3. The number of pyridine rings is 1. The van der Waals surface area contributed by atoms with E-state index in [0.717, 1.165) is 42.8 Å². The van der Waals surface area contributed by atoms with Crippen molar-refractivity contribution >= 4 is 23.2 Å². The van der Waals surface area contributed by atoms with E-state index in [2.05, 4.69) is 15.4 Å². The summed E-state index contributed by atoms with van der Waals surface area (Å²) in [7, 11) is 0. The van der Waals surface area contributed by atoms with Crippen LogP contribution >= 0.6 is 11.6 Å². The lowest BCUT2D eigenvalue weighted by Crippen LogP contribution is -2.18. The van der Waals surface area contributed by atoms with E-state index in [-0.39, 0.29) is 12.0 Å². The molecule has 1 amide bonds. The number of aliphatic hydroxyl groups excluding tert-OH is 1. The summed E-state index contributed by atoms with van der Waals surface area (Å²) in [6.45, 7) is 1.86. The number of halogens is 1. The fraction of sp³-hybridized carbons (Fsp3) is 0.318. The van der Waals surface area contributed by atoms with Gasteiger partial charge in [0.2, 0.25) is 0 Å². The smallest absolute Gasteiger partial charge is 0.259 e. The highest BCUT2D eigenvalue weighted by Crippen LogP contribution is 2.32. The molecule has 0 spiro atoms. The number of nitrogens with zero attached hydrogens (tertiary/aromatic N) is 3. The Morgan fingerprint density at radius 1 is 1.10 bits per heavy atom. The fourth-order valence-corrected chi connectivity index (χ4v) is 3.89. The highest BCUT2D eigenvalue weighted by molar-refractivity contribution is 6.30. The Kier molecular flexibility index (Phi) is 5.65. The average Bonchev–Trinajstić information content (AvgIpc) is 3.11. The van der Waals surface area contributed by atoms with Gasteiger partial charge in [0.05, 0.1) is 41.1 Å². The summed E-state index contributed by atoms with van der Waals surface area (Å²) >= 11 is 5.94. The van der Waals surface area contributed by atoms with Crippen LogP contribution in [0.3, 0.4) is 0 Å². The average molecular weight is 411 g/mol. The summed E-state index contributed by atoms with van der Waals surface area (Å²) in [5.74, 6) is 0.154. The molecule has 2 heterocycles. The molecule has 1 saturated carbocycles. The zero-order valence-electron chi connectivity index (χ0n) is 16.2. The quantitative estimate of drug-likeness (QED) is 0.663. The molecule has 4 rings (SSSR count). The first-order valence-corrected chi connectivity index (χ1v) is 10.1. The second kappa shape index (κ2) is 8.35. The SMILES string of the molecule is Cc1c(C(=O)Nc2ccc(C3CCC(O)CC3)nc2)cnn1-c1ccc(Cl)cc1. The van der Waals surface area contributed by atoms with Gasteiger partial charge in [-0.15, -0.1) is 0 Å². The van der Waals surface area contributed by atoms with Crippen LogP contribution in [-0.4, -0.2) is 31.9 Å². The number of amides is 1. The van der Waals surface area contributed by atoms with Gasteiger partial charge in [-0.1, -0.05) is 11.6 Å². The number of carbonyl (C=O) groups is 1. The topological polar surface area (TPSA) is 80.0 Å². The summed E-state index contributed by atoms with van der Waals surface area (Å²) in [5.41, 5.74) is 3.75. The number of rotatable bonds is 4. The van der Waals surface area contributed by atoms with Crippen LogP contribution < -0.4 is 5.32 Å². The molecule has 2 N–H and O–H groups in total. The summed E-state index contributed by atoms with van der Waals surface area (Å²) in [6.07, 6.45) is 6.61. The number of hydrogen-bond donors (Lipinski definition) is 2. The summed E-state index contributed by atoms with van der Waals surface area (Å²) < 4.78 is 1.71. The fourth-order valence-electron chi connectivity index (χ4n) is 3.77. The Morgan fingerprint density at radius 2 is 1.83 bits per heavy atom. The van der Waals surface area contributed by atoms with Gasteiger partial charge in [-0.2, -0.15) is 5.10 Å². The molecule has 2 aromatic heterocycles. The van der Waals surface area contributed by atoms with Gasteiger partial charge >= 0.3 is 0 Å². The maximum Gasteiger partial charge on any atom is 0.259 e. The van der Waals surface area contributed by atoms with Crippen molar-refractivity contribution in [3.05, 3.63) is 70.8 Å². The van der Waals surface area contributed by atoms with E-state index in [1.54, 1.807) is 29.2 Å². The molecule has 1 aliphatic rings. The maximum atomic E-state index is 12.7. The first-order chi connectivity index (χ1) is 14.0. The summed E-state index contributed by atoms with van der Waals surface area (Å²) in [4.78, 5) is 17.2. The Balaban J connectivity index is 1.45. The van der Waals surface area contributed by atoms with Crippen molar-refractivity contribution in [2.45, 2.75) is 44.6 Å². The van der Waals surface area contributed by atoms with Gasteiger partial charge in [0.15, 0.2) is 0 Å². The molecule has 1 aliphatic carbocycles. The van der Waals surface area contributed by atoms with Crippen molar-refractivity contribution in [3.8, 4) is 5.69 Å². The van der Waals surface area contributed by atoms with E-state index in [0.29, 0.717) is 22.2 Å². The van der Waals surface area contributed by atoms with Crippen molar-refractivity contribution in [1.29, 1.82) is 0 Å². The minimum atomic E-state index is -0.224. The van der Waals surface area contributed by atoms with Crippen molar-refractivity contribution in [3.63, 3.8) is 0 Å². The van der Waals surface area contributed by atoms with Crippen molar-refractivity contribution in [2.75, 3.05) is 5.32 Å². The number of benzene rings is 1. The molecular weight excluding hydrogens is 388 g/mol. The van der Waals surface area contributed by atoms with Crippen LogP contribution in [0.25, 0.3) is 5.69 Å². The van der Waals surface area contributed by atoms with Crippen LogP contribution in [0, 0.1) is 6.92 Å². The standard InChI is InChI=1S/C22H23ClN4O2/c1-14-20(13-25-27(14)18-7-4-16(23)5-8-18)22(29)26-17-6-11-21(24-12-17)15-2-9-19(28)10-3-15/h4-8,11-13,15,19,28H,2-3,9-10H2,1H3,(H,26,29). The molecule has 0 unspecified atom stereocenters. The lowest BCUT2D eigenvalue weighted by atomic mass is 9.85. The van der Waals surface area contributed by atoms with E-state index in [9.17, 15) is 9.90 Å². The Hall–Kier alpha value is -2.70. The van der Waals surface area contributed by atoms with Gasteiger partial charge in [0, 0.05) is 16.6 Å². The Bertz CT molecular complexity index is 991. The molecule has 6 nitrogen and oxygen atoms in total. The van der Waals surface area contributed by atoms with Gasteiger partial charge in [-0.05, 0) is 69.0 Å². The number of aliphatic hydroxyl groups is 1. The highest BCUT2D eigenvalue weighted by Gasteiger charge is 2.22. The summed E-state index contributed by atoms with van der Waals surface area (Å²) in [5, 5.41) is 17.5. The van der Waals surface area contributed by atoms with Gasteiger partial charge in [-0.25, -0.2) is 4.68 Å². The minimum absolute atomic E-state index is 0.179. The molecule has 0 radical (unpaired) electrons. The maximum absolute atomic E-state index is 12.7. The first-order valence-electron chi connectivity index (χ1n) is 9.77. The molecule has 0 bridgehead atoms. The predicted molar refractivity (Wildman–Crippen MR) is 113 cm³/mol. The molecule has 3 aromatic rings. The van der Waals surface area contributed by atoms with Crippen LogP contribution in [0.4, 0.5) is 5.69 Å². The summed E-state index contributed by atoms with van der Waals surface area (Å²) in [6, 6.07) is 11.1. The Morgan fingerprint density at radius 3 is 2.48 bits per heavy atom. The zero-order valence-corrected chi connectivity index (χ0v) is 16.9. The molecule has 0 aliphatic heterocycles. The van der Waals surface area contributed by atoms with Gasteiger partial charge in [0.1, 0.15) is 0 Å². The predicted octanol–water partition coefficient (Wildman–Crippen LogP) is 4.50. The normalized spacial score (nSPS) is 19.1. The van der Waals surface area contributed by atoms with Gasteiger partial charge < -0.3 is 10.4 Å². The second-order valence-electron chi connectivity index (χ2n) is 7.46. The second-order valence-corrected chi connectivity index (χ2v) is 7.90. The molecule has 29 heavy (non-hydrogen) atoms. The third-order valence-electron chi connectivity index (χ3n) is 5.48. The molecule has 150 valence electrons. The van der Waals surface area contributed by atoms with Gasteiger partial charge in [0.25, 0.3) is 5.91 Å². The number of nitrogens with one attached hydrogen (secondary N) is 1. The van der Waals surface area contributed by atoms with Crippen molar-refractivity contribution < 1.29 is 9.90 Å². The van der Waals surface area contributed by atoms with Crippen LogP contribution in [0.5, 0.6) is 0 Å². The molecule has 0 saturated heterocycles. The van der Waals surface area contributed by atoms with Gasteiger partial charge in [-0.3, -0.25) is 9.78 Å². The molecule has 0 atom stereocenters. The van der Waals surface area contributed by atoms with E-state index < -0.39 is 0 Å². The van der Waals surface area contributed by atoms with E-state index in [1.807, 2.05) is 31.2 Å². The van der Waals surface area contributed by atoms with Crippen LogP contribution in [-0.2, 0) is 0 Å². The Labute approximate surface area is 174 Å². The number of anilines is 1. The number of carbonyl (C=O) groups excluding carboxylic acids is 1. The largest absolute Gasteiger partial charge is 0.393 e. The van der Waals surface area contributed by atoms with E-state index in [4.69, 9.17) is 11.6 Å². The monoisotopic (exact) mass is 410 g/mol. The van der Waals surface area contributed by atoms with Crippen LogP contribution in [0.2, 0.25) is 5.02 Å². The lowest BCUT2D eigenvalue weighted by molar-refractivity contribution is 0.102. The van der Waals surface area contributed by atoms with E-state index in [1.165, 1.54) is 0 Å². The highest BCUT2D eigenvalue weighted by atomic mass is 35.5. The molecular formula is C22H23ClN4O2. The molecule has 7 heteroatoms. The minimum Gasteiger partial charge on any atom is -0.393 e. The zero-order chi connectivity index (χ0) is 20.4. The van der Waals surface area contributed by atoms with Crippen LogP contribution in [0.1, 0.15) is 53.3 Å². The third kappa shape index (κ3) is 4.33. The number of hydrogen-bond acceptors (Lipinski definition) is 4. The van der Waals surface area contributed by atoms with Crippen molar-refractivity contribution in [1.82, 2.24) is 14.8 Å². The third-order valence-corrected chi connectivity index (χ3v) is 5.74. The van der Waals surface area contributed by atoms with E-state index >= 15 is 0 Å². The molecule has 1 fully saturated rings. The van der Waals surface area contributed by atoms with Crippen LogP contribution in [0.15, 0.2) is 48.8 Å².